The summed E-state index contributed by atoms with van der Waals surface area (Å²) in [5.41, 5.74) is 2.16. The Balaban J connectivity index is 2.79. The first-order valence-electron chi connectivity index (χ1n) is 4.22. The summed E-state index contributed by atoms with van der Waals surface area (Å²) in [6.45, 7) is 5.64. The fourth-order valence-corrected chi connectivity index (χ4v) is 0.960. The van der Waals surface area contributed by atoms with E-state index in [2.05, 4.69) is 11.6 Å². The molecule has 1 heterocycles. The third-order valence-corrected chi connectivity index (χ3v) is 1.66. The van der Waals surface area contributed by atoms with E-state index in [1.165, 1.54) is 0 Å². The quantitative estimate of drug-likeness (QED) is 0.636. The maximum Gasteiger partial charge on any atom is 0.0658 e. The summed E-state index contributed by atoms with van der Waals surface area (Å²) in [6, 6.07) is 5.89. The highest BCUT2D eigenvalue weighted by atomic mass is 14.7. The number of allylic oxidation sites excluding steroid dienone is 5. The molecule has 0 aliphatic carbocycles. The van der Waals surface area contributed by atoms with Crippen LogP contribution in [0.25, 0.3) is 5.57 Å². The molecule has 0 N–H and O–H groups in total. The van der Waals surface area contributed by atoms with Gasteiger partial charge in [-0.1, -0.05) is 36.9 Å². The molecular weight excluding hydrogens is 158 g/mol. The largest absolute Gasteiger partial charge is 0.257 e. The van der Waals surface area contributed by atoms with E-state index in [0.717, 1.165) is 11.3 Å². The lowest BCUT2D eigenvalue weighted by Crippen LogP contribution is -1.82. The molecule has 66 valence electrons. The van der Waals surface area contributed by atoms with E-state index < -0.39 is 0 Å². The summed E-state index contributed by atoms with van der Waals surface area (Å²) in [6.07, 6.45) is 9.42. The molecule has 0 bridgehead atoms. The zero-order valence-electron chi connectivity index (χ0n) is 7.77. The maximum absolute atomic E-state index is 4.23. The third kappa shape index (κ3) is 3.08. The molecule has 1 rings (SSSR count). The van der Waals surface area contributed by atoms with Crippen LogP contribution in [-0.4, -0.2) is 4.98 Å². The van der Waals surface area contributed by atoms with Gasteiger partial charge in [-0.05, 0) is 24.6 Å². The van der Waals surface area contributed by atoms with Crippen LogP contribution in [0.4, 0.5) is 0 Å². The Morgan fingerprint density at radius 2 is 2.23 bits per heavy atom. The van der Waals surface area contributed by atoms with Gasteiger partial charge in [0.2, 0.25) is 0 Å². The number of rotatable bonds is 3. The van der Waals surface area contributed by atoms with Crippen molar-refractivity contribution in [2.24, 2.45) is 0 Å². The Morgan fingerprint density at radius 3 is 2.85 bits per heavy atom. The molecule has 0 aliphatic rings. The topological polar surface area (TPSA) is 12.9 Å². The van der Waals surface area contributed by atoms with Crippen molar-refractivity contribution >= 4 is 5.57 Å². The van der Waals surface area contributed by atoms with E-state index >= 15 is 0 Å². The van der Waals surface area contributed by atoms with Gasteiger partial charge in [-0.3, -0.25) is 4.98 Å². The van der Waals surface area contributed by atoms with Crippen LogP contribution < -0.4 is 0 Å². The van der Waals surface area contributed by atoms with Gasteiger partial charge < -0.3 is 0 Å². The van der Waals surface area contributed by atoms with Crippen molar-refractivity contribution in [1.29, 1.82) is 0 Å². The minimum atomic E-state index is 1.01. The summed E-state index contributed by atoms with van der Waals surface area (Å²) in [5.74, 6) is 0. The standard InChI is InChI=1S/C12H13N/c1-3-4-5-8-11(2)12-9-6-7-10-13-12/h3-10H,1H2,2H3/b5-4-,11-8+. The Kier molecular flexibility index (Phi) is 3.71. The molecule has 1 aromatic rings. The number of hydrogen-bond acceptors (Lipinski definition) is 1. The molecule has 0 spiro atoms. The van der Waals surface area contributed by atoms with Crippen LogP contribution in [0.2, 0.25) is 0 Å². The molecule has 0 saturated carbocycles. The Bertz CT molecular complexity index is 320. The summed E-state index contributed by atoms with van der Waals surface area (Å²) in [5, 5.41) is 0. The van der Waals surface area contributed by atoms with Gasteiger partial charge in [-0.2, -0.15) is 0 Å². The highest BCUT2D eigenvalue weighted by Crippen LogP contribution is 2.09. The minimum absolute atomic E-state index is 1.01. The first-order chi connectivity index (χ1) is 6.34. The van der Waals surface area contributed by atoms with Crippen molar-refractivity contribution in [2.75, 3.05) is 0 Å². The van der Waals surface area contributed by atoms with Gasteiger partial charge in [0, 0.05) is 6.20 Å². The number of pyridine rings is 1. The molecule has 0 atom stereocenters. The van der Waals surface area contributed by atoms with E-state index in [-0.39, 0.29) is 0 Å². The van der Waals surface area contributed by atoms with Gasteiger partial charge >= 0.3 is 0 Å². The summed E-state index contributed by atoms with van der Waals surface area (Å²) < 4.78 is 0. The summed E-state index contributed by atoms with van der Waals surface area (Å²) in [7, 11) is 0. The molecular formula is C12H13N. The normalized spacial score (nSPS) is 11.9. The van der Waals surface area contributed by atoms with Crippen LogP contribution in [-0.2, 0) is 0 Å². The Hall–Kier alpha value is -1.63. The molecule has 1 heteroatoms. The molecule has 13 heavy (non-hydrogen) atoms. The SMILES string of the molecule is C=C/C=C\C=C(/C)c1ccccn1. The molecule has 0 amide bonds. The number of aromatic nitrogens is 1. The Morgan fingerprint density at radius 1 is 1.38 bits per heavy atom. The van der Waals surface area contributed by atoms with E-state index in [4.69, 9.17) is 0 Å². The van der Waals surface area contributed by atoms with Gasteiger partial charge in [-0.15, -0.1) is 0 Å². The van der Waals surface area contributed by atoms with E-state index in [9.17, 15) is 0 Å². The second kappa shape index (κ2) is 5.09. The lowest BCUT2D eigenvalue weighted by Gasteiger charge is -1.96. The van der Waals surface area contributed by atoms with Crippen LogP contribution in [0.3, 0.4) is 0 Å². The number of hydrogen-bond donors (Lipinski definition) is 0. The van der Waals surface area contributed by atoms with Crippen LogP contribution in [0.5, 0.6) is 0 Å². The summed E-state index contributed by atoms with van der Waals surface area (Å²) in [4.78, 5) is 4.23. The highest BCUT2D eigenvalue weighted by molar-refractivity contribution is 5.61. The van der Waals surface area contributed by atoms with Crippen LogP contribution in [0.1, 0.15) is 12.6 Å². The molecule has 0 saturated heterocycles. The van der Waals surface area contributed by atoms with Crippen LogP contribution in [0, 0.1) is 0 Å². The predicted octanol–water partition coefficient (Wildman–Crippen LogP) is 3.23. The molecule has 1 aromatic heterocycles. The zero-order valence-corrected chi connectivity index (χ0v) is 7.77. The first-order valence-corrected chi connectivity index (χ1v) is 4.22. The molecule has 0 unspecified atom stereocenters. The van der Waals surface area contributed by atoms with Gasteiger partial charge in [0.15, 0.2) is 0 Å². The monoisotopic (exact) mass is 171 g/mol. The maximum atomic E-state index is 4.23. The van der Waals surface area contributed by atoms with Crippen LogP contribution in [0.15, 0.2) is 55.3 Å². The van der Waals surface area contributed by atoms with Gasteiger partial charge in [0.05, 0.1) is 5.69 Å². The molecule has 1 nitrogen and oxygen atoms in total. The lowest BCUT2D eigenvalue weighted by molar-refractivity contribution is 1.27. The fraction of sp³-hybridized carbons (Fsp3) is 0.0833. The van der Waals surface area contributed by atoms with Crippen molar-refractivity contribution in [3.8, 4) is 0 Å². The Labute approximate surface area is 79.1 Å². The zero-order chi connectivity index (χ0) is 9.52. The second-order valence-corrected chi connectivity index (χ2v) is 2.69. The third-order valence-electron chi connectivity index (χ3n) is 1.66. The fourth-order valence-electron chi connectivity index (χ4n) is 0.960. The molecule has 0 aliphatic heterocycles. The van der Waals surface area contributed by atoms with Gasteiger partial charge in [-0.25, -0.2) is 0 Å². The highest BCUT2D eigenvalue weighted by Gasteiger charge is 1.91. The lowest BCUT2D eigenvalue weighted by atomic mass is 10.2. The smallest absolute Gasteiger partial charge is 0.0658 e. The average Bonchev–Trinajstić information content (AvgIpc) is 2.19. The minimum Gasteiger partial charge on any atom is -0.257 e. The van der Waals surface area contributed by atoms with E-state index in [1.54, 1.807) is 12.3 Å². The average molecular weight is 171 g/mol. The summed E-state index contributed by atoms with van der Waals surface area (Å²) >= 11 is 0. The van der Waals surface area contributed by atoms with E-state index in [1.807, 2.05) is 43.4 Å². The predicted molar refractivity (Wildman–Crippen MR) is 57.2 cm³/mol. The van der Waals surface area contributed by atoms with Crippen molar-refractivity contribution < 1.29 is 0 Å². The van der Waals surface area contributed by atoms with Gasteiger partial charge in [0.1, 0.15) is 0 Å². The first kappa shape index (κ1) is 9.46. The molecule has 0 radical (unpaired) electrons. The van der Waals surface area contributed by atoms with E-state index in [0.29, 0.717) is 0 Å². The van der Waals surface area contributed by atoms with Crippen molar-refractivity contribution in [3.05, 3.63) is 61.0 Å². The molecule has 0 aromatic carbocycles. The number of nitrogens with zero attached hydrogens (tertiary/aromatic N) is 1. The van der Waals surface area contributed by atoms with Crippen molar-refractivity contribution in [2.45, 2.75) is 6.92 Å². The van der Waals surface area contributed by atoms with Crippen molar-refractivity contribution in [1.82, 2.24) is 4.98 Å². The van der Waals surface area contributed by atoms with Gasteiger partial charge in [0.25, 0.3) is 0 Å². The van der Waals surface area contributed by atoms with Crippen LogP contribution >= 0.6 is 0 Å². The van der Waals surface area contributed by atoms with Crippen molar-refractivity contribution in [3.63, 3.8) is 0 Å². The second-order valence-electron chi connectivity index (χ2n) is 2.69. The molecule has 0 fully saturated rings.